The van der Waals surface area contributed by atoms with Crippen LogP contribution in [-0.4, -0.2) is 52.2 Å². The average molecular weight is 347 g/mol. The van der Waals surface area contributed by atoms with Crippen LogP contribution in [0.2, 0.25) is 0 Å². The highest BCUT2D eigenvalue weighted by molar-refractivity contribution is 5.98. The molecule has 1 aromatic carbocycles. The van der Waals surface area contributed by atoms with Gasteiger partial charge in [-0.05, 0) is 37.1 Å². The molecular weight excluding hydrogens is 326 g/mol. The number of nitrogens with one attached hydrogen (secondary N) is 1. The van der Waals surface area contributed by atoms with Gasteiger partial charge in [0.25, 0.3) is 5.91 Å². The normalized spacial score (nSPS) is 17.7. The summed E-state index contributed by atoms with van der Waals surface area (Å²) in [4.78, 5) is 20.1. The molecule has 0 bridgehead atoms. The summed E-state index contributed by atoms with van der Waals surface area (Å²) in [6.45, 7) is 2.95. The van der Waals surface area contributed by atoms with Gasteiger partial charge in [0.1, 0.15) is 5.69 Å². The zero-order chi connectivity index (χ0) is 17.5. The fraction of sp³-hybridized carbons (Fsp3) is 0.350. The summed E-state index contributed by atoms with van der Waals surface area (Å²) in [5.74, 6) is 1.60. The number of anilines is 1. The van der Waals surface area contributed by atoms with E-state index in [9.17, 15) is 4.79 Å². The molecule has 0 radical (unpaired) electrons. The number of rotatable bonds is 3. The summed E-state index contributed by atoms with van der Waals surface area (Å²) in [5, 5.41) is 9.82. The second-order valence-electron chi connectivity index (χ2n) is 7.14. The third-order valence-electron chi connectivity index (χ3n) is 5.32. The van der Waals surface area contributed by atoms with E-state index in [0.717, 1.165) is 35.5 Å². The fourth-order valence-corrected chi connectivity index (χ4v) is 3.60. The topological polar surface area (TPSA) is 65.1 Å². The first-order chi connectivity index (χ1) is 12.8. The van der Waals surface area contributed by atoms with Crippen molar-refractivity contribution in [1.82, 2.24) is 20.1 Å². The van der Waals surface area contributed by atoms with Gasteiger partial charge in [0.05, 0.1) is 5.69 Å². The van der Waals surface area contributed by atoms with E-state index in [1.807, 2.05) is 35.2 Å². The lowest BCUT2D eigenvalue weighted by Gasteiger charge is -2.35. The molecule has 1 aliphatic carbocycles. The summed E-state index contributed by atoms with van der Waals surface area (Å²) in [7, 11) is 0. The van der Waals surface area contributed by atoms with E-state index >= 15 is 0 Å². The second-order valence-corrected chi connectivity index (χ2v) is 7.14. The zero-order valence-electron chi connectivity index (χ0n) is 14.6. The largest absolute Gasteiger partial charge is 0.352 e. The Morgan fingerprint density at radius 3 is 2.50 bits per heavy atom. The number of aromatic amines is 1. The molecular formula is C20H21N5O. The van der Waals surface area contributed by atoms with Gasteiger partial charge >= 0.3 is 0 Å². The maximum absolute atomic E-state index is 12.8. The molecule has 132 valence electrons. The van der Waals surface area contributed by atoms with Crippen molar-refractivity contribution in [2.24, 2.45) is 0 Å². The van der Waals surface area contributed by atoms with Gasteiger partial charge in [0, 0.05) is 43.0 Å². The van der Waals surface area contributed by atoms with Crippen LogP contribution in [0.3, 0.4) is 0 Å². The summed E-state index contributed by atoms with van der Waals surface area (Å²) in [6.07, 6.45) is 2.48. The molecule has 5 rings (SSSR count). The number of hydrogen-bond donors (Lipinski definition) is 1. The first-order valence-corrected chi connectivity index (χ1v) is 9.23. The minimum absolute atomic E-state index is 0.0658. The standard InChI is InChI=1S/C20H21N5O/c26-20(18-13-15-3-1-2-4-16(15)21-18)25-11-9-24(10-12-25)19-8-7-17(22-23-19)14-5-6-14/h1-4,7-8,13-14,21H,5-6,9-12H2. The molecule has 1 saturated carbocycles. The number of hydrogen-bond acceptors (Lipinski definition) is 4. The number of aromatic nitrogens is 3. The molecule has 26 heavy (non-hydrogen) atoms. The zero-order valence-corrected chi connectivity index (χ0v) is 14.6. The van der Waals surface area contributed by atoms with E-state index in [2.05, 4.69) is 32.2 Å². The average Bonchev–Trinajstić information content (AvgIpc) is 3.46. The first kappa shape index (κ1) is 15.4. The Morgan fingerprint density at radius 1 is 1.00 bits per heavy atom. The molecule has 2 aromatic heterocycles. The molecule has 1 saturated heterocycles. The lowest BCUT2D eigenvalue weighted by Crippen LogP contribution is -2.49. The Balaban J connectivity index is 1.25. The fourth-order valence-electron chi connectivity index (χ4n) is 3.60. The van der Waals surface area contributed by atoms with Gasteiger partial charge in [-0.2, -0.15) is 5.10 Å². The van der Waals surface area contributed by atoms with Crippen LogP contribution in [-0.2, 0) is 0 Å². The first-order valence-electron chi connectivity index (χ1n) is 9.23. The van der Waals surface area contributed by atoms with Gasteiger partial charge in [-0.3, -0.25) is 4.79 Å². The SMILES string of the molecule is O=C(c1cc2ccccc2[nH]1)N1CCN(c2ccc(C3CC3)nn2)CC1. The van der Waals surface area contributed by atoms with E-state index in [1.165, 1.54) is 12.8 Å². The van der Waals surface area contributed by atoms with Gasteiger partial charge in [-0.1, -0.05) is 18.2 Å². The molecule has 3 aromatic rings. The van der Waals surface area contributed by atoms with Gasteiger partial charge in [-0.15, -0.1) is 5.10 Å². The number of carbonyl (C=O) groups excluding carboxylic acids is 1. The Hall–Kier alpha value is -2.89. The molecule has 2 fully saturated rings. The molecule has 1 aliphatic heterocycles. The van der Waals surface area contributed by atoms with E-state index < -0.39 is 0 Å². The molecule has 6 heteroatoms. The van der Waals surface area contributed by atoms with Crippen molar-refractivity contribution in [3.05, 3.63) is 53.9 Å². The third kappa shape index (κ3) is 2.81. The number of fused-ring (bicyclic) bond motifs is 1. The summed E-state index contributed by atoms with van der Waals surface area (Å²) in [5.41, 5.74) is 2.77. The highest BCUT2D eigenvalue weighted by Gasteiger charge is 2.27. The quantitative estimate of drug-likeness (QED) is 0.791. The van der Waals surface area contributed by atoms with Gasteiger partial charge in [0.15, 0.2) is 5.82 Å². The van der Waals surface area contributed by atoms with E-state index in [-0.39, 0.29) is 5.91 Å². The molecule has 0 unspecified atom stereocenters. The summed E-state index contributed by atoms with van der Waals surface area (Å²) in [6, 6.07) is 14.1. The number of piperazine rings is 1. The highest BCUT2D eigenvalue weighted by atomic mass is 16.2. The monoisotopic (exact) mass is 347 g/mol. The van der Waals surface area contributed by atoms with Crippen LogP contribution in [0, 0.1) is 0 Å². The molecule has 1 amide bonds. The smallest absolute Gasteiger partial charge is 0.270 e. The molecule has 6 nitrogen and oxygen atoms in total. The summed E-state index contributed by atoms with van der Waals surface area (Å²) < 4.78 is 0. The Labute approximate surface area is 151 Å². The Morgan fingerprint density at radius 2 is 1.81 bits per heavy atom. The van der Waals surface area contributed by atoms with Crippen LogP contribution in [0.15, 0.2) is 42.5 Å². The van der Waals surface area contributed by atoms with Gasteiger partial charge in [-0.25, -0.2) is 0 Å². The van der Waals surface area contributed by atoms with E-state index in [4.69, 9.17) is 0 Å². The summed E-state index contributed by atoms with van der Waals surface area (Å²) >= 11 is 0. The number of carbonyl (C=O) groups is 1. The Kier molecular flexibility index (Phi) is 3.62. The van der Waals surface area contributed by atoms with Crippen molar-refractivity contribution in [1.29, 1.82) is 0 Å². The predicted octanol–water partition coefficient (Wildman–Crippen LogP) is 2.80. The maximum Gasteiger partial charge on any atom is 0.270 e. The van der Waals surface area contributed by atoms with Crippen LogP contribution in [0.1, 0.15) is 34.9 Å². The molecule has 3 heterocycles. The number of benzene rings is 1. The number of H-pyrrole nitrogens is 1. The lowest BCUT2D eigenvalue weighted by atomic mass is 10.2. The number of amides is 1. The van der Waals surface area contributed by atoms with Crippen LogP contribution < -0.4 is 4.90 Å². The van der Waals surface area contributed by atoms with Crippen LogP contribution in [0.25, 0.3) is 10.9 Å². The van der Waals surface area contributed by atoms with Crippen LogP contribution in [0.5, 0.6) is 0 Å². The van der Waals surface area contributed by atoms with Gasteiger partial charge < -0.3 is 14.8 Å². The third-order valence-corrected chi connectivity index (χ3v) is 5.32. The molecule has 2 aliphatic rings. The van der Waals surface area contributed by atoms with Crippen molar-refractivity contribution in [2.45, 2.75) is 18.8 Å². The van der Waals surface area contributed by atoms with Crippen molar-refractivity contribution < 1.29 is 4.79 Å². The predicted molar refractivity (Wildman–Crippen MR) is 100 cm³/mol. The minimum Gasteiger partial charge on any atom is -0.352 e. The van der Waals surface area contributed by atoms with E-state index in [1.54, 1.807) is 0 Å². The second kappa shape index (κ2) is 6.12. The maximum atomic E-state index is 12.8. The number of para-hydroxylation sites is 1. The lowest BCUT2D eigenvalue weighted by molar-refractivity contribution is 0.0741. The van der Waals surface area contributed by atoms with Crippen molar-refractivity contribution in [3.63, 3.8) is 0 Å². The molecule has 1 N–H and O–H groups in total. The van der Waals surface area contributed by atoms with Crippen molar-refractivity contribution in [3.8, 4) is 0 Å². The minimum atomic E-state index is 0.0658. The highest BCUT2D eigenvalue weighted by Crippen LogP contribution is 2.38. The molecule has 0 spiro atoms. The Bertz CT molecular complexity index is 903. The van der Waals surface area contributed by atoms with E-state index in [0.29, 0.717) is 24.7 Å². The van der Waals surface area contributed by atoms with Crippen molar-refractivity contribution >= 4 is 22.6 Å². The molecule has 0 atom stereocenters. The van der Waals surface area contributed by atoms with Crippen LogP contribution in [0.4, 0.5) is 5.82 Å². The van der Waals surface area contributed by atoms with Crippen molar-refractivity contribution in [2.75, 3.05) is 31.1 Å². The number of nitrogens with zero attached hydrogens (tertiary/aromatic N) is 4. The van der Waals surface area contributed by atoms with Crippen LogP contribution >= 0.6 is 0 Å². The van der Waals surface area contributed by atoms with Gasteiger partial charge in [0.2, 0.25) is 0 Å².